The highest BCUT2D eigenvalue weighted by Gasteiger charge is 2.08. The Labute approximate surface area is 132 Å². The number of ether oxygens (including phenoxy) is 1. The first-order chi connectivity index (χ1) is 10.2. The summed E-state index contributed by atoms with van der Waals surface area (Å²) in [5.41, 5.74) is 1.51. The van der Waals surface area contributed by atoms with Crippen LogP contribution in [0.2, 0.25) is 0 Å². The monoisotopic (exact) mass is 342 g/mol. The number of hydrogen-bond donors (Lipinski definition) is 0. The Morgan fingerprint density at radius 2 is 2.00 bits per heavy atom. The maximum Gasteiger partial charge on any atom is 0.189 e. The summed E-state index contributed by atoms with van der Waals surface area (Å²) in [4.78, 5) is 12.3. The Morgan fingerprint density at radius 1 is 1.19 bits per heavy atom. The Balaban J connectivity index is 2.18. The van der Waals surface area contributed by atoms with Crippen LogP contribution in [-0.4, -0.2) is 12.4 Å². The number of hydrogen-bond acceptors (Lipinski definition) is 2. The standard InChI is InChI=1S/C18H15BrO2/c1-2-12-21-18-9-4-3-8-16(18)17(20)11-10-14-6-5-7-15(19)13-14/h2-11,13H,1,12H2/b11-10+. The van der Waals surface area contributed by atoms with Crippen molar-refractivity contribution < 1.29 is 9.53 Å². The molecule has 21 heavy (non-hydrogen) atoms. The molecule has 2 rings (SSSR count). The first kappa shape index (κ1) is 15.3. The van der Waals surface area contributed by atoms with Crippen LogP contribution in [0.4, 0.5) is 0 Å². The Kier molecular flexibility index (Phi) is 5.52. The fourth-order valence-electron chi connectivity index (χ4n) is 1.82. The Morgan fingerprint density at radius 3 is 2.76 bits per heavy atom. The number of carbonyl (C=O) groups excluding carboxylic acids is 1. The number of benzene rings is 2. The lowest BCUT2D eigenvalue weighted by Crippen LogP contribution is -2.01. The molecule has 0 bridgehead atoms. The minimum absolute atomic E-state index is 0.0883. The number of allylic oxidation sites excluding steroid dienone is 1. The minimum Gasteiger partial charge on any atom is -0.489 e. The second kappa shape index (κ2) is 7.60. The average Bonchev–Trinajstić information content (AvgIpc) is 2.51. The van der Waals surface area contributed by atoms with Gasteiger partial charge in [-0.2, -0.15) is 0 Å². The average molecular weight is 343 g/mol. The summed E-state index contributed by atoms with van der Waals surface area (Å²) in [7, 11) is 0. The first-order valence-corrected chi connectivity index (χ1v) is 7.30. The normalized spacial score (nSPS) is 10.5. The topological polar surface area (TPSA) is 26.3 Å². The van der Waals surface area contributed by atoms with Gasteiger partial charge in [-0.15, -0.1) is 0 Å². The van der Waals surface area contributed by atoms with Crippen LogP contribution in [0.1, 0.15) is 15.9 Å². The van der Waals surface area contributed by atoms with Gasteiger partial charge in [0.2, 0.25) is 0 Å². The van der Waals surface area contributed by atoms with Gasteiger partial charge in [0.15, 0.2) is 5.78 Å². The van der Waals surface area contributed by atoms with Gasteiger partial charge in [-0.3, -0.25) is 4.79 Å². The third-order valence-corrected chi connectivity index (χ3v) is 3.28. The van der Waals surface area contributed by atoms with E-state index < -0.39 is 0 Å². The highest BCUT2D eigenvalue weighted by molar-refractivity contribution is 9.10. The molecule has 0 aliphatic carbocycles. The molecule has 0 aliphatic rings. The molecule has 0 fully saturated rings. The number of halogens is 1. The van der Waals surface area contributed by atoms with Crippen LogP contribution in [-0.2, 0) is 0 Å². The molecule has 0 unspecified atom stereocenters. The van der Waals surface area contributed by atoms with Crippen molar-refractivity contribution in [1.82, 2.24) is 0 Å². The fourth-order valence-corrected chi connectivity index (χ4v) is 2.23. The van der Waals surface area contributed by atoms with Crippen molar-refractivity contribution in [2.75, 3.05) is 6.61 Å². The van der Waals surface area contributed by atoms with E-state index in [4.69, 9.17) is 4.74 Å². The third-order valence-electron chi connectivity index (χ3n) is 2.79. The van der Waals surface area contributed by atoms with Crippen LogP contribution in [0.5, 0.6) is 5.75 Å². The molecule has 0 aromatic heterocycles. The molecule has 0 aliphatic heterocycles. The zero-order chi connectivity index (χ0) is 15.1. The predicted octanol–water partition coefficient (Wildman–Crippen LogP) is 4.91. The summed E-state index contributed by atoms with van der Waals surface area (Å²) in [5.74, 6) is 0.482. The zero-order valence-electron chi connectivity index (χ0n) is 11.5. The quantitative estimate of drug-likeness (QED) is 0.423. The van der Waals surface area contributed by atoms with Crippen LogP contribution >= 0.6 is 15.9 Å². The van der Waals surface area contributed by atoms with Crippen LogP contribution < -0.4 is 4.74 Å². The first-order valence-electron chi connectivity index (χ1n) is 6.51. The smallest absolute Gasteiger partial charge is 0.189 e. The maximum atomic E-state index is 12.3. The lowest BCUT2D eigenvalue weighted by Gasteiger charge is -2.07. The third kappa shape index (κ3) is 4.43. The molecule has 0 radical (unpaired) electrons. The van der Waals surface area contributed by atoms with Crippen LogP contribution in [0, 0.1) is 0 Å². The molecular weight excluding hydrogens is 328 g/mol. The van der Waals surface area contributed by atoms with E-state index in [1.54, 1.807) is 30.4 Å². The molecule has 2 aromatic carbocycles. The molecule has 3 heteroatoms. The van der Waals surface area contributed by atoms with Gasteiger partial charge in [0, 0.05) is 4.47 Å². The van der Waals surface area contributed by atoms with Crippen molar-refractivity contribution >= 4 is 27.8 Å². The van der Waals surface area contributed by atoms with E-state index in [2.05, 4.69) is 22.5 Å². The summed E-state index contributed by atoms with van der Waals surface area (Å²) in [6.45, 7) is 3.98. The highest BCUT2D eigenvalue weighted by Crippen LogP contribution is 2.20. The number of ketones is 1. The lowest BCUT2D eigenvalue weighted by molar-refractivity contribution is 0.104. The second-order valence-corrected chi connectivity index (χ2v) is 5.26. The van der Waals surface area contributed by atoms with Gasteiger partial charge < -0.3 is 4.74 Å². The minimum atomic E-state index is -0.0883. The van der Waals surface area contributed by atoms with E-state index >= 15 is 0 Å². The Bertz CT molecular complexity index is 674. The van der Waals surface area contributed by atoms with Crippen LogP contribution in [0.3, 0.4) is 0 Å². The SMILES string of the molecule is C=CCOc1ccccc1C(=O)/C=C/c1cccc(Br)c1. The van der Waals surface area contributed by atoms with Gasteiger partial charge in [-0.1, -0.05) is 58.9 Å². The molecule has 106 valence electrons. The van der Waals surface area contributed by atoms with Crippen molar-refractivity contribution in [3.63, 3.8) is 0 Å². The molecule has 2 aromatic rings. The number of rotatable bonds is 6. The van der Waals surface area contributed by atoms with E-state index in [1.165, 1.54) is 0 Å². The summed E-state index contributed by atoms with van der Waals surface area (Å²) in [6.07, 6.45) is 4.99. The van der Waals surface area contributed by atoms with Gasteiger partial charge in [-0.05, 0) is 35.9 Å². The molecule has 0 saturated carbocycles. The molecule has 0 amide bonds. The molecular formula is C18H15BrO2. The van der Waals surface area contributed by atoms with Crippen LogP contribution in [0.25, 0.3) is 6.08 Å². The van der Waals surface area contributed by atoms with E-state index in [1.807, 2.05) is 36.4 Å². The van der Waals surface area contributed by atoms with Crippen molar-refractivity contribution in [2.45, 2.75) is 0 Å². The fraction of sp³-hybridized carbons (Fsp3) is 0.0556. The summed E-state index contributed by atoms with van der Waals surface area (Å²) < 4.78 is 6.48. The highest BCUT2D eigenvalue weighted by atomic mass is 79.9. The zero-order valence-corrected chi connectivity index (χ0v) is 13.0. The summed E-state index contributed by atoms with van der Waals surface area (Å²) in [6, 6.07) is 15.0. The van der Waals surface area contributed by atoms with Gasteiger partial charge in [0.05, 0.1) is 5.56 Å². The van der Waals surface area contributed by atoms with E-state index in [0.29, 0.717) is 17.9 Å². The van der Waals surface area contributed by atoms with Crippen LogP contribution in [0.15, 0.2) is 71.7 Å². The molecule has 0 N–H and O–H groups in total. The van der Waals surface area contributed by atoms with E-state index in [-0.39, 0.29) is 5.78 Å². The van der Waals surface area contributed by atoms with Gasteiger partial charge in [-0.25, -0.2) is 0 Å². The second-order valence-electron chi connectivity index (χ2n) is 4.35. The largest absolute Gasteiger partial charge is 0.489 e. The van der Waals surface area contributed by atoms with Crippen molar-refractivity contribution in [1.29, 1.82) is 0 Å². The van der Waals surface area contributed by atoms with Gasteiger partial charge >= 0.3 is 0 Å². The molecule has 0 spiro atoms. The molecule has 0 atom stereocenters. The predicted molar refractivity (Wildman–Crippen MR) is 89.6 cm³/mol. The maximum absolute atomic E-state index is 12.3. The van der Waals surface area contributed by atoms with Crippen molar-refractivity contribution in [3.05, 3.63) is 82.9 Å². The van der Waals surface area contributed by atoms with Crippen molar-refractivity contribution in [3.8, 4) is 5.75 Å². The molecule has 0 saturated heterocycles. The summed E-state index contributed by atoms with van der Waals surface area (Å²) in [5, 5.41) is 0. The molecule has 0 heterocycles. The number of carbonyl (C=O) groups is 1. The van der Waals surface area contributed by atoms with Gasteiger partial charge in [0.1, 0.15) is 12.4 Å². The van der Waals surface area contributed by atoms with E-state index in [0.717, 1.165) is 10.0 Å². The van der Waals surface area contributed by atoms with Gasteiger partial charge in [0.25, 0.3) is 0 Å². The van der Waals surface area contributed by atoms with Crippen molar-refractivity contribution in [2.24, 2.45) is 0 Å². The number of para-hydroxylation sites is 1. The Hall–Kier alpha value is -2.13. The summed E-state index contributed by atoms with van der Waals surface area (Å²) >= 11 is 3.41. The lowest BCUT2D eigenvalue weighted by atomic mass is 10.1. The molecule has 2 nitrogen and oxygen atoms in total. The van der Waals surface area contributed by atoms with E-state index in [9.17, 15) is 4.79 Å².